The molecule has 0 spiro atoms. The predicted octanol–water partition coefficient (Wildman–Crippen LogP) is 3.35. The minimum Gasteiger partial charge on any atom is -0.355 e. The summed E-state index contributed by atoms with van der Waals surface area (Å²) in [7, 11) is 0. The number of hydrogen-bond donors (Lipinski definition) is 1. The number of unbranched alkanes of at least 4 members (excludes halogenated alkanes) is 2. The summed E-state index contributed by atoms with van der Waals surface area (Å²) < 4.78 is 18.2. The van der Waals surface area contributed by atoms with E-state index < -0.39 is 6.17 Å². The van der Waals surface area contributed by atoms with Crippen molar-refractivity contribution >= 4 is 17.2 Å². The van der Waals surface area contributed by atoms with Crippen molar-refractivity contribution < 1.29 is 13.7 Å². The molecule has 0 saturated carbocycles. The fourth-order valence-corrected chi connectivity index (χ4v) is 3.51. The summed E-state index contributed by atoms with van der Waals surface area (Å²) in [5.74, 6) is 0.410. The van der Waals surface area contributed by atoms with Gasteiger partial charge in [-0.3, -0.25) is 4.79 Å². The second-order valence-electron chi connectivity index (χ2n) is 6.06. The number of rotatable bonds is 8. The number of thiophene rings is 1. The monoisotopic (exact) mass is 351 g/mol. The zero-order chi connectivity index (χ0) is 16.8. The van der Waals surface area contributed by atoms with E-state index >= 15 is 0 Å². The Balaban J connectivity index is 1.31. The van der Waals surface area contributed by atoms with Crippen LogP contribution in [-0.2, 0) is 0 Å². The van der Waals surface area contributed by atoms with Gasteiger partial charge in [0.25, 0.3) is 5.91 Å². The van der Waals surface area contributed by atoms with Crippen molar-refractivity contribution in [2.24, 2.45) is 0 Å². The topological polar surface area (TPSA) is 58.4 Å². The van der Waals surface area contributed by atoms with Gasteiger partial charge in [0.05, 0.1) is 4.88 Å². The number of nitrogens with one attached hydrogen (secondary N) is 1. The van der Waals surface area contributed by atoms with Gasteiger partial charge >= 0.3 is 0 Å². The summed E-state index contributed by atoms with van der Waals surface area (Å²) in [6, 6.07) is 5.53. The number of aromatic nitrogens is 1. The molecule has 3 rings (SSSR count). The largest absolute Gasteiger partial charge is 0.355 e. The molecule has 2 aromatic rings. The first-order valence-electron chi connectivity index (χ1n) is 8.37. The average molecular weight is 351 g/mol. The number of nitrogens with zero attached hydrogens (tertiary/aromatic N) is 2. The molecule has 2 aromatic heterocycles. The summed E-state index contributed by atoms with van der Waals surface area (Å²) in [6.45, 7) is 3.01. The molecule has 7 heteroatoms. The highest BCUT2D eigenvalue weighted by Crippen LogP contribution is 2.25. The zero-order valence-electron chi connectivity index (χ0n) is 13.5. The standard InChI is InChI=1S/C17H22FN3O2S/c18-13-6-9-21(12-13)8-3-1-2-7-19-17(22)14-11-15(23-20-14)16-5-4-10-24-16/h4-5,10-11,13H,1-3,6-9,12H2,(H,19,22). The van der Waals surface area contributed by atoms with E-state index in [0.29, 0.717) is 31.0 Å². The SMILES string of the molecule is O=C(NCCCCCN1CCC(F)C1)c1cc(-c2cccs2)on1. The third-order valence-electron chi connectivity index (χ3n) is 4.16. The number of amides is 1. The van der Waals surface area contributed by atoms with Gasteiger partial charge < -0.3 is 14.7 Å². The lowest BCUT2D eigenvalue weighted by molar-refractivity contribution is 0.0944. The molecule has 130 valence electrons. The van der Waals surface area contributed by atoms with Gasteiger partial charge in [0.1, 0.15) is 6.17 Å². The molecule has 1 atom stereocenters. The van der Waals surface area contributed by atoms with E-state index in [4.69, 9.17) is 4.52 Å². The molecule has 1 N–H and O–H groups in total. The highest BCUT2D eigenvalue weighted by molar-refractivity contribution is 7.13. The number of carbonyl (C=O) groups excluding carboxylic acids is 1. The Bertz CT molecular complexity index is 644. The number of carbonyl (C=O) groups is 1. The van der Waals surface area contributed by atoms with Gasteiger partial charge in [-0.15, -0.1) is 11.3 Å². The van der Waals surface area contributed by atoms with Crippen LogP contribution in [0.3, 0.4) is 0 Å². The maximum absolute atomic E-state index is 13.0. The second kappa shape index (κ2) is 8.39. The zero-order valence-corrected chi connectivity index (χ0v) is 14.4. The Kier molecular flexibility index (Phi) is 5.98. The molecule has 1 unspecified atom stereocenters. The van der Waals surface area contributed by atoms with Crippen LogP contribution < -0.4 is 5.32 Å². The van der Waals surface area contributed by atoms with E-state index in [-0.39, 0.29) is 5.91 Å². The Hall–Kier alpha value is -1.73. The van der Waals surface area contributed by atoms with E-state index in [1.807, 2.05) is 17.5 Å². The third kappa shape index (κ3) is 4.64. The van der Waals surface area contributed by atoms with E-state index in [0.717, 1.165) is 37.2 Å². The molecule has 1 saturated heterocycles. The summed E-state index contributed by atoms with van der Waals surface area (Å²) in [6.07, 6.45) is 2.99. The fraction of sp³-hybridized carbons (Fsp3) is 0.529. The van der Waals surface area contributed by atoms with Crippen molar-refractivity contribution in [3.63, 3.8) is 0 Å². The average Bonchev–Trinajstić information content (AvgIpc) is 3.30. The first-order chi connectivity index (χ1) is 11.7. The number of halogens is 1. The first kappa shape index (κ1) is 17.1. The second-order valence-corrected chi connectivity index (χ2v) is 7.00. The molecular formula is C17H22FN3O2S. The van der Waals surface area contributed by atoms with Crippen LogP contribution in [0.25, 0.3) is 10.6 Å². The molecular weight excluding hydrogens is 329 g/mol. The molecule has 1 amide bonds. The molecule has 1 aliphatic heterocycles. The molecule has 0 aromatic carbocycles. The minimum atomic E-state index is -0.647. The highest BCUT2D eigenvalue weighted by atomic mass is 32.1. The van der Waals surface area contributed by atoms with Crippen molar-refractivity contribution in [3.8, 4) is 10.6 Å². The van der Waals surface area contributed by atoms with Gasteiger partial charge in [-0.1, -0.05) is 17.6 Å². The van der Waals surface area contributed by atoms with Crippen molar-refractivity contribution in [2.45, 2.75) is 31.9 Å². The van der Waals surface area contributed by atoms with Gasteiger partial charge in [-0.05, 0) is 37.3 Å². The molecule has 0 radical (unpaired) electrons. The smallest absolute Gasteiger partial charge is 0.273 e. The Labute approximate surface area is 144 Å². The van der Waals surface area contributed by atoms with Crippen LogP contribution in [0.2, 0.25) is 0 Å². The Morgan fingerprint density at radius 3 is 3.12 bits per heavy atom. The van der Waals surface area contributed by atoms with E-state index in [1.54, 1.807) is 17.4 Å². The lowest BCUT2D eigenvalue weighted by atomic mass is 10.2. The van der Waals surface area contributed by atoms with E-state index in [2.05, 4.69) is 15.4 Å². The van der Waals surface area contributed by atoms with Gasteiger partial charge in [-0.25, -0.2) is 4.39 Å². The number of hydrogen-bond acceptors (Lipinski definition) is 5. The van der Waals surface area contributed by atoms with Crippen molar-refractivity contribution in [3.05, 3.63) is 29.3 Å². The first-order valence-corrected chi connectivity index (χ1v) is 9.25. The van der Waals surface area contributed by atoms with Crippen molar-refractivity contribution in [2.75, 3.05) is 26.2 Å². The van der Waals surface area contributed by atoms with Gasteiger partial charge in [-0.2, -0.15) is 0 Å². The predicted molar refractivity (Wildman–Crippen MR) is 92.0 cm³/mol. The molecule has 24 heavy (non-hydrogen) atoms. The van der Waals surface area contributed by atoms with Crippen LogP contribution >= 0.6 is 11.3 Å². The van der Waals surface area contributed by atoms with Crippen molar-refractivity contribution in [1.29, 1.82) is 0 Å². The lowest BCUT2D eigenvalue weighted by Gasteiger charge is -2.13. The number of alkyl halides is 1. The third-order valence-corrected chi connectivity index (χ3v) is 5.04. The van der Waals surface area contributed by atoms with Crippen LogP contribution in [0, 0.1) is 0 Å². The maximum atomic E-state index is 13.0. The van der Waals surface area contributed by atoms with Gasteiger partial charge in [0.2, 0.25) is 0 Å². The Morgan fingerprint density at radius 2 is 2.38 bits per heavy atom. The molecule has 0 bridgehead atoms. The van der Waals surface area contributed by atoms with E-state index in [1.165, 1.54) is 0 Å². The molecule has 3 heterocycles. The summed E-state index contributed by atoms with van der Waals surface area (Å²) in [4.78, 5) is 15.2. The summed E-state index contributed by atoms with van der Waals surface area (Å²) in [5, 5.41) is 8.64. The molecule has 5 nitrogen and oxygen atoms in total. The van der Waals surface area contributed by atoms with Crippen LogP contribution in [0.1, 0.15) is 36.2 Å². The van der Waals surface area contributed by atoms with Gasteiger partial charge in [0, 0.05) is 25.7 Å². The van der Waals surface area contributed by atoms with Crippen LogP contribution in [0.15, 0.2) is 28.1 Å². The maximum Gasteiger partial charge on any atom is 0.273 e. The highest BCUT2D eigenvalue weighted by Gasteiger charge is 2.20. The lowest BCUT2D eigenvalue weighted by Crippen LogP contribution is -2.25. The fourth-order valence-electron chi connectivity index (χ4n) is 2.84. The summed E-state index contributed by atoms with van der Waals surface area (Å²) in [5.41, 5.74) is 0.310. The van der Waals surface area contributed by atoms with Crippen LogP contribution in [0.5, 0.6) is 0 Å². The van der Waals surface area contributed by atoms with E-state index in [9.17, 15) is 9.18 Å². The van der Waals surface area contributed by atoms with Gasteiger partial charge in [0.15, 0.2) is 11.5 Å². The molecule has 0 aliphatic carbocycles. The molecule has 1 aliphatic rings. The molecule has 1 fully saturated rings. The minimum absolute atomic E-state index is 0.207. The normalized spacial score (nSPS) is 18.1. The Morgan fingerprint density at radius 1 is 1.46 bits per heavy atom. The van der Waals surface area contributed by atoms with Crippen molar-refractivity contribution in [1.82, 2.24) is 15.4 Å². The number of likely N-dealkylation sites (tertiary alicyclic amines) is 1. The van der Waals surface area contributed by atoms with Crippen LogP contribution in [0.4, 0.5) is 4.39 Å². The quantitative estimate of drug-likeness (QED) is 0.741. The van der Waals surface area contributed by atoms with Crippen LogP contribution in [-0.4, -0.2) is 48.3 Å². The summed E-state index contributed by atoms with van der Waals surface area (Å²) >= 11 is 1.55.